The molecule has 148 valence electrons. The first kappa shape index (κ1) is 18.6. The van der Waals surface area contributed by atoms with Crippen molar-refractivity contribution in [1.29, 1.82) is 0 Å². The number of aryl methyl sites for hydroxylation is 1. The molecule has 0 bridgehead atoms. The summed E-state index contributed by atoms with van der Waals surface area (Å²) in [7, 11) is 0. The second-order valence-corrected chi connectivity index (χ2v) is 7.87. The van der Waals surface area contributed by atoms with Gasteiger partial charge >= 0.3 is 0 Å². The number of hydrogen-bond acceptors (Lipinski definition) is 7. The van der Waals surface area contributed by atoms with Crippen LogP contribution in [-0.2, 0) is 6.54 Å². The summed E-state index contributed by atoms with van der Waals surface area (Å²) in [4.78, 5) is 31.9. The second-order valence-electron chi connectivity index (χ2n) is 7.87. The molecule has 8 nitrogen and oxygen atoms in total. The summed E-state index contributed by atoms with van der Waals surface area (Å²) >= 11 is 0. The molecule has 2 aliphatic heterocycles. The van der Waals surface area contributed by atoms with Crippen molar-refractivity contribution in [2.45, 2.75) is 27.3 Å². The zero-order valence-corrected chi connectivity index (χ0v) is 16.5. The Bertz CT molecular complexity index is 899. The highest BCUT2D eigenvalue weighted by Crippen LogP contribution is 2.33. The Hall–Kier alpha value is -2.74. The Kier molecular flexibility index (Phi) is 4.89. The van der Waals surface area contributed by atoms with E-state index in [4.69, 9.17) is 4.63 Å². The normalized spacial score (nSPS) is 17.7. The van der Waals surface area contributed by atoms with Gasteiger partial charge in [0.15, 0.2) is 0 Å². The molecule has 1 aromatic heterocycles. The number of fused-ring (bicyclic) bond motifs is 1. The fraction of sp³-hybridized carbons (Fsp3) is 0.500. The SMILES string of the molecule is Cc1nonc1CN1C(=O)c2cccc(N3CCN(CC(C)C)CC3)c2C1=O. The smallest absolute Gasteiger partial charge is 0.264 e. The van der Waals surface area contributed by atoms with Crippen molar-refractivity contribution < 1.29 is 14.2 Å². The third-order valence-corrected chi connectivity index (χ3v) is 5.37. The van der Waals surface area contributed by atoms with Crippen LogP contribution in [0.2, 0.25) is 0 Å². The molecule has 1 saturated heterocycles. The van der Waals surface area contributed by atoms with E-state index in [0.717, 1.165) is 38.4 Å². The van der Waals surface area contributed by atoms with Crippen LogP contribution in [0.4, 0.5) is 5.69 Å². The van der Waals surface area contributed by atoms with Gasteiger partial charge in [0.2, 0.25) is 0 Å². The molecule has 4 rings (SSSR count). The van der Waals surface area contributed by atoms with E-state index >= 15 is 0 Å². The number of carbonyl (C=O) groups excluding carboxylic acids is 2. The largest absolute Gasteiger partial charge is 0.368 e. The molecule has 1 fully saturated rings. The molecule has 0 saturated carbocycles. The van der Waals surface area contributed by atoms with Crippen LogP contribution in [0.15, 0.2) is 22.8 Å². The number of carbonyl (C=O) groups is 2. The van der Waals surface area contributed by atoms with E-state index in [9.17, 15) is 9.59 Å². The average Bonchev–Trinajstić information content (AvgIpc) is 3.19. The van der Waals surface area contributed by atoms with E-state index in [1.807, 2.05) is 12.1 Å². The first-order valence-electron chi connectivity index (χ1n) is 9.70. The molecule has 0 N–H and O–H groups in total. The summed E-state index contributed by atoms with van der Waals surface area (Å²) in [6.07, 6.45) is 0. The molecule has 2 amide bonds. The molecule has 8 heteroatoms. The van der Waals surface area contributed by atoms with Crippen molar-refractivity contribution in [3.8, 4) is 0 Å². The van der Waals surface area contributed by atoms with Crippen molar-refractivity contribution in [3.05, 3.63) is 40.7 Å². The molecule has 2 aliphatic rings. The summed E-state index contributed by atoms with van der Waals surface area (Å²) in [5.74, 6) is 0.0695. The number of aromatic nitrogens is 2. The van der Waals surface area contributed by atoms with Crippen molar-refractivity contribution in [1.82, 2.24) is 20.1 Å². The van der Waals surface area contributed by atoms with E-state index in [1.165, 1.54) is 4.90 Å². The van der Waals surface area contributed by atoms with Crippen molar-refractivity contribution in [3.63, 3.8) is 0 Å². The first-order valence-corrected chi connectivity index (χ1v) is 9.70. The highest BCUT2D eigenvalue weighted by Gasteiger charge is 2.39. The highest BCUT2D eigenvalue weighted by molar-refractivity contribution is 6.23. The molecule has 0 radical (unpaired) electrons. The van der Waals surface area contributed by atoms with E-state index < -0.39 is 0 Å². The number of nitrogens with zero attached hydrogens (tertiary/aromatic N) is 5. The van der Waals surface area contributed by atoms with Gasteiger partial charge in [-0.05, 0) is 25.0 Å². The van der Waals surface area contributed by atoms with Gasteiger partial charge < -0.3 is 4.90 Å². The molecular formula is C20H25N5O3. The Morgan fingerprint density at radius 1 is 1.07 bits per heavy atom. The molecule has 0 spiro atoms. The lowest BCUT2D eigenvalue weighted by atomic mass is 10.1. The number of hydrogen-bond donors (Lipinski definition) is 0. The minimum Gasteiger partial charge on any atom is -0.368 e. The number of piperazine rings is 1. The number of anilines is 1. The second kappa shape index (κ2) is 7.35. The molecule has 1 aromatic carbocycles. The zero-order valence-electron chi connectivity index (χ0n) is 16.5. The van der Waals surface area contributed by atoms with Gasteiger partial charge in [0.05, 0.1) is 23.4 Å². The Morgan fingerprint density at radius 3 is 2.46 bits per heavy atom. The van der Waals surface area contributed by atoms with Crippen molar-refractivity contribution in [2.75, 3.05) is 37.6 Å². The third kappa shape index (κ3) is 3.28. The van der Waals surface area contributed by atoms with Gasteiger partial charge in [0.1, 0.15) is 11.4 Å². The van der Waals surface area contributed by atoms with Gasteiger partial charge in [-0.3, -0.25) is 19.4 Å². The fourth-order valence-corrected chi connectivity index (χ4v) is 3.95. The van der Waals surface area contributed by atoms with Crippen LogP contribution in [0.3, 0.4) is 0 Å². The van der Waals surface area contributed by atoms with Crippen LogP contribution in [0.5, 0.6) is 0 Å². The third-order valence-electron chi connectivity index (χ3n) is 5.37. The monoisotopic (exact) mass is 383 g/mol. The molecule has 0 atom stereocenters. The average molecular weight is 383 g/mol. The van der Waals surface area contributed by atoms with E-state index in [-0.39, 0.29) is 18.4 Å². The molecule has 0 unspecified atom stereocenters. The van der Waals surface area contributed by atoms with Crippen LogP contribution in [0, 0.1) is 12.8 Å². The highest BCUT2D eigenvalue weighted by atomic mass is 16.6. The molecule has 0 aliphatic carbocycles. The van der Waals surface area contributed by atoms with Gasteiger partial charge in [-0.2, -0.15) is 0 Å². The Labute approximate surface area is 164 Å². The predicted octanol–water partition coefficient (Wildman–Crippen LogP) is 1.95. The van der Waals surface area contributed by atoms with E-state index in [2.05, 4.69) is 34.0 Å². The topological polar surface area (TPSA) is 82.8 Å². The molecule has 3 heterocycles. The number of amides is 2. The molecule has 2 aromatic rings. The minimum absolute atomic E-state index is 0.0727. The maximum absolute atomic E-state index is 13.1. The zero-order chi connectivity index (χ0) is 19.8. The van der Waals surface area contributed by atoms with E-state index in [0.29, 0.717) is 28.4 Å². The molecule has 28 heavy (non-hydrogen) atoms. The number of rotatable bonds is 5. The van der Waals surface area contributed by atoms with Gasteiger partial charge in [-0.25, -0.2) is 4.63 Å². The lowest BCUT2D eigenvalue weighted by molar-refractivity contribution is 0.0639. The predicted molar refractivity (Wildman–Crippen MR) is 103 cm³/mol. The Balaban J connectivity index is 1.56. The molecular weight excluding hydrogens is 358 g/mol. The van der Waals surface area contributed by atoms with Gasteiger partial charge in [-0.15, -0.1) is 0 Å². The maximum atomic E-state index is 13.1. The van der Waals surface area contributed by atoms with Gasteiger partial charge in [0.25, 0.3) is 11.8 Å². The van der Waals surface area contributed by atoms with E-state index in [1.54, 1.807) is 13.0 Å². The van der Waals surface area contributed by atoms with Gasteiger partial charge in [0, 0.05) is 32.7 Å². The van der Waals surface area contributed by atoms with Crippen molar-refractivity contribution in [2.24, 2.45) is 5.92 Å². The van der Waals surface area contributed by atoms with Gasteiger partial charge in [-0.1, -0.05) is 30.2 Å². The van der Waals surface area contributed by atoms with Crippen LogP contribution < -0.4 is 4.90 Å². The number of benzene rings is 1. The fourth-order valence-electron chi connectivity index (χ4n) is 3.95. The van der Waals surface area contributed by atoms with Crippen LogP contribution in [0.1, 0.15) is 46.0 Å². The van der Waals surface area contributed by atoms with Crippen molar-refractivity contribution >= 4 is 17.5 Å². The summed E-state index contributed by atoms with van der Waals surface area (Å²) in [6.45, 7) is 10.9. The van der Waals surface area contributed by atoms with Crippen LogP contribution >= 0.6 is 0 Å². The Morgan fingerprint density at radius 2 is 1.82 bits per heavy atom. The summed E-state index contributed by atoms with van der Waals surface area (Å²) < 4.78 is 4.70. The summed E-state index contributed by atoms with van der Waals surface area (Å²) in [5, 5.41) is 7.54. The quantitative estimate of drug-likeness (QED) is 0.730. The van der Waals surface area contributed by atoms with Crippen LogP contribution in [-0.4, -0.2) is 64.7 Å². The lowest BCUT2D eigenvalue weighted by Crippen LogP contribution is -2.47. The standard InChI is InChI=1S/C20H25N5O3/c1-13(2)11-23-7-9-24(10-8-23)17-6-4-5-15-18(17)20(27)25(19(15)26)12-16-14(3)21-28-22-16/h4-6,13H,7-12H2,1-3H3. The maximum Gasteiger partial charge on any atom is 0.264 e. The lowest BCUT2D eigenvalue weighted by Gasteiger charge is -2.37. The number of imide groups is 1. The van der Waals surface area contributed by atoms with Crippen LogP contribution in [0.25, 0.3) is 0 Å². The first-order chi connectivity index (χ1) is 13.5. The summed E-state index contributed by atoms with van der Waals surface area (Å²) in [6, 6.07) is 5.52. The summed E-state index contributed by atoms with van der Waals surface area (Å²) in [5.41, 5.74) is 2.88. The minimum atomic E-state index is -0.289.